The van der Waals surface area contributed by atoms with Crippen molar-refractivity contribution in [3.8, 4) is 0 Å². The number of hydrogen-bond acceptors (Lipinski definition) is 2. The first kappa shape index (κ1) is 17.4. The standard InChI is InChI=1S/C18H29N3/c1-9-16-15(12-18(6,7)8)14(5)20-21(16)17(19-10-2)11-13(3)4/h10-11H,2,9,12H2,1,3-8H3/b19-17+. The highest BCUT2D eigenvalue weighted by molar-refractivity contribution is 5.95. The molecule has 0 saturated carbocycles. The maximum Gasteiger partial charge on any atom is 0.153 e. The zero-order valence-electron chi connectivity index (χ0n) is 14.6. The molecule has 0 aliphatic heterocycles. The Hall–Kier alpha value is -1.64. The third-order valence-electron chi connectivity index (χ3n) is 3.19. The van der Waals surface area contributed by atoms with Crippen LogP contribution in [-0.2, 0) is 12.8 Å². The molecule has 116 valence electrons. The van der Waals surface area contributed by atoms with Crippen LogP contribution in [0.2, 0.25) is 0 Å². The summed E-state index contributed by atoms with van der Waals surface area (Å²) in [6, 6.07) is 0. The average Bonchev–Trinajstić information content (AvgIpc) is 2.63. The summed E-state index contributed by atoms with van der Waals surface area (Å²) in [5, 5.41) is 4.73. The minimum Gasteiger partial charge on any atom is -0.238 e. The van der Waals surface area contributed by atoms with E-state index in [2.05, 4.69) is 60.0 Å². The van der Waals surface area contributed by atoms with Crippen LogP contribution in [0.15, 0.2) is 29.4 Å². The second-order valence-corrected chi connectivity index (χ2v) is 6.91. The monoisotopic (exact) mass is 287 g/mol. The van der Waals surface area contributed by atoms with Gasteiger partial charge in [0, 0.05) is 11.9 Å². The van der Waals surface area contributed by atoms with Crippen LogP contribution in [-0.4, -0.2) is 15.6 Å². The molecule has 0 N–H and O–H groups in total. The van der Waals surface area contributed by atoms with Crippen LogP contribution < -0.4 is 0 Å². The number of nitrogens with zero attached hydrogens (tertiary/aromatic N) is 3. The first-order valence-corrected chi connectivity index (χ1v) is 7.61. The molecule has 1 aromatic heterocycles. The van der Waals surface area contributed by atoms with Crippen molar-refractivity contribution in [1.82, 2.24) is 9.78 Å². The fourth-order valence-corrected chi connectivity index (χ4v) is 2.43. The highest BCUT2D eigenvalue weighted by atomic mass is 15.3. The van der Waals surface area contributed by atoms with Crippen molar-refractivity contribution < 1.29 is 0 Å². The highest BCUT2D eigenvalue weighted by Crippen LogP contribution is 2.26. The van der Waals surface area contributed by atoms with Gasteiger partial charge in [-0.1, -0.05) is 39.8 Å². The summed E-state index contributed by atoms with van der Waals surface area (Å²) in [5.74, 6) is 0.838. The van der Waals surface area contributed by atoms with Gasteiger partial charge in [0.2, 0.25) is 0 Å². The number of allylic oxidation sites excluding steroid dienone is 2. The molecule has 0 atom stereocenters. The lowest BCUT2D eigenvalue weighted by atomic mass is 9.87. The van der Waals surface area contributed by atoms with Crippen LogP contribution >= 0.6 is 0 Å². The topological polar surface area (TPSA) is 30.2 Å². The Balaban J connectivity index is 3.44. The minimum absolute atomic E-state index is 0.245. The molecule has 0 spiro atoms. The van der Waals surface area contributed by atoms with E-state index in [1.807, 2.05) is 10.8 Å². The molecule has 21 heavy (non-hydrogen) atoms. The van der Waals surface area contributed by atoms with Crippen molar-refractivity contribution in [3.05, 3.63) is 41.4 Å². The fraction of sp³-hybridized carbons (Fsp3) is 0.556. The number of aliphatic imine (C=N–C) groups is 1. The first-order valence-electron chi connectivity index (χ1n) is 7.61. The quantitative estimate of drug-likeness (QED) is 0.583. The smallest absolute Gasteiger partial charge is 0.153 e. The Morgan fingerprint density at radius 2 is 1.95 bits per heavy atom. The summed E-state index contributed by atoms with van der Waals surface area (Å²) in [6.45, 7) is 18.9. The van der Waals surface area contributed by atoms with Gasteiger partial charge in [0.15, 0.2) is 5.84 Å². The van der Waals surface area contributed by atoms with Gasteiger partial charge in [0.25, 0.3) is 0 Å². The van der Waals surface area contributed by atoms with E-state index in [0.29, 0.717) is 0 Å². The van der Waals surface area contributed by atoms with Crippen molar-refractivity contribution in [2.75, 3.05) is 0 Å². The molecule has 0 radical (unpaired) electrons. The SMILES string of the molecule is C=C/N=C(\C=C(C)C)n1nc(C)c(CC(C)(C)C)c1CC. The van der Waals surface area contributed by atoms with Gasteiger partial charge in [-0.05, 0) is 50.7 Å². The molecular weight excluding hydrogens is 258 g/mol. The zero-order chi connectivity index (χ0) is 16.2. The second kappa shape index (κ2) is 6.88. The molecule has 1 heterocycles. The molecule has 0 aromatic carbocycles. The Morgan fingerprint density at radius 1 is 1.33 bits per heavy atom. The predicted molar refractivity (Wildman–Crippen MR) is 92.0 cm³/mol. The Bertz CT molecular complexity index is 562. The molecule has 0 bridgehead atoms. The number of rotatable bonds is 4. The normalized spacial score (nSPS) is 12.4. The van der Waals surface area contributed by atoms with Crippen LogP contribution in [0, 0.1) is 12.3 Å². The molecular formula is C18H29N3. The Labute approximate surface area is 129 Å². The minimum atomic E-state index is 0.245. The van der Waals surface area contributed by atoms with E-state index in [4.69, 9.17) is 5.10 Å². The molecule has 1 aromatic rings. The van der Waals surface area contributed by atoms with Gasteiger partial charge in [-0.3, -0.25) is 0 Å². The maximum absolute atomic E-state index is 4.73. The third-order valence-corrected chi connectivity index (χ3v) is 3.19. The fourth-order valence-electron chi connectivity index (χ4n) is 2.43. The molecule has 3 nitrogen and oxygen atoms in total. The summed E-state index contributed by atoms with van der Waals surface area (Å²) in [6.07, 6.45) is 5.60. The summed E-state index contributed by atoms with van der Waals surface area (Å²) in [5.41, 5.74) is 5.14. The maximum atomic E-state index is 4.73. The average molecular weight is 287 g/mol. The molecule has 0 unspecified atom stereocenters. The van der Waals surface area contributed by atoms with Gasteiger partial charge in [-0.25, -0.2) is 9.67 Å². The summed E-state index contributed by atoms with van der Waals surface area (Å²) < 4.78 is 1.98. The van der Waals surface area contributed by atoms with Crippen LogP contribution in [0.25, 0.3) is 0 Å². The lowest BCUT2D eigenvalue weighted by Gasteiger charge is -2.19. The molecule has 0 aliphatic carbocycles. The molecule has 0 fully saturated rings. The van der Waals surface area contributed by atoms with E-state index in [0.717, 1.165) is 24.4 Å². The third kappa shape index (κ3) is 4.69. The summed E-state index contributed by atoms with van der Waals surface area (Å²) in [4.78, 5) is 4.40. The summed E-state index contributed by atoms with van der Waals surface area (Å²) in [7, 11) is 0. The van der Waals surface area contributed by atoms with Crippen LogP contribution in [0.3, 0.4) is 0 Å². The van der Waals surface area contributed by atoms with Gasteiger partial charge >= 0.3 is 0 Å². The van der Waals surface area contributed by atoms with E-state index in [-0.39, 0.29) is 5.41 Å². The van der Waals surface area contributed by atoms with Crippen molar-refractivity contribution in [2.24, 2.45) is 10.4 Å². The largest absolute Gasteiger partial charge is 0.238 e. The highest BCUT2D eigenvalue weighted by Gasteiger charge is 2.21. The second-order valence-electron chi connectivity index (χ2n) is 6.91. The van der Waals surface area contributed by atoms with E-state index in [9.17, 15) is 0 Å². The van der Waals surface area contributed by atoms with E-state index in [1.165, 1.54) is 16.8 Å². The van der Waals surface area contributed by atoms with Crippen molar-refractivity contribution in [3.63, 3.8) is 0 Å². The lowest BCUT2D eigenvalue weighted by Crippen LogP contribution is -2.16. The van der Waals surface area contributed by atoms with E-state index in [1.54, 1.807) is 6.20 Å². The molecule has 0 aliphatic rings. The molecule has 0 amide bonds. The van der Waals surface area contributed by atoms with Gasteiger partial charge in [-0.2, -0.15) is 5.10 Å². The van der Waals surface area contributed by atoms with Crippen molar-refractivity contribution in [2.45, 2.75) is 61.3 Å². The molecule has 0 saturated heterocycles. The molecule has 3 heteroatoms. The van der Waals surface area contributed by atoms with Crippen molar-refractivity contribution in [1.29, 1.82) is 0 Å². The number of aromatic nitrogens is 2. The number of hydrogen-bond donors (Lipinski definition) is 0. The lowest BCUT2D eigenvalue weighted by molar-refractivity contribution is 0.409. The zero-order valence-corrected chi connectivity index (χ0v) is 14.6. The van der Waals surface area contributed by atoms with Crippen molar-refractivity contribution >= 4 is 5.84 Å². The van der Waals surface area contributed by atoms with E-state index >= 15 is 0 Å². The first-order chi connectivity index (χ1) is 9.69. The number of aryl methyl sites for hydroxylation is 1. The van der Waals surface area contributed by atoms with Gasteiger partial charge in [0.1, 0.15) is 0 Å². The van der Waals surface area contributed by atoms with Crippen LogP contribution in [0.4, 0.5) is 0 Å². The van der Waals surface area contributed by atoms with E-state index < -0.39 is 0 Å². The Kier molecular flexibility index (Phi) is 5.70. The summed E-state index contributed by atoms with van der Waals surface area (Å²) >= 11 is 0. The van der Waals surface area contributed by atoms with Gasteiger partial charge < -0.3 is 0 Å². The predicted octanol–water partition coefficient (Wildman–Crippen LogP) is 4.70. The van der Waals surface area contributed by atoms with Gasteiger partial charge in [-0.15, -0.1) is 0 Å². The van der Waals surface area contributed by atoms with Crippen LogP contribution in [0.5, 0.6) is 0 Å². The Morgan fingerprint density at radius 3 is 2.38 bits per heavy atom. The van der Waals surface area contributed by atoms with Crippen LogP contribution in [0.1, 0.15) is 58.5 Å². The molecule has 1 rings (SSSR count). The van der Waals surface area contributed by atoms with Gasteiger partial charge in [0.05, 0.1) is 5.69 Å².